The summed E-state index contributed by atoms with van der Waals surface area (Å²) >= 11 is 0. The predicted octanol–water partition coefficient (Wildman–Crippen LogP) is 2.90. The number of benzene rings is 1. The summed E-state index contributed by atoms with van der Waals surface area (Å²) < 4.78 is 43.0. The van der Waals surface area contributed by atoms with E-state index in [4.69, 9.17) is 4.42 Å². The number of hydrogen-bond acceptors (Lipinski definition) is 6. The van der Waals surface area contributed by atoms with Gasteiger partial charge in [-0.1, -0.05) is 0 Å². The van der Waals surface area contributed by atoms with Crippen molar-refractivity contribution < 1.29 is 27.5 Å². The monoisotopic (exact) mass is 436 g/mol. The fourth-order valence-corrected chi connectivity index (χ4v) is 3.60. The van der Waals surface area contributed by atoms with Gasteiger partial charge in [-0.2, -0.15) is 13.2 Å². The summed E-state index contributed by atoms with van der Waals surface area (Å²) in [6.45, 7) is 0.700. The molecule has 0 aliphatic carbocycles. The van der Waals surface area contributed by atoms with E-state index in [0.29, 0.717) is 35.7 Å². The maximum atomic E-state index is 12.7. The van der Waals surface area contributed by atoms with Crippen molar-refractivity contribution in [3.05, 3.63) is 52.6 Å². The second-order valence-electron chi connectivity index (χ2n) is 7.56. The summed E-state index contributed by atoms with van der Waals surface area (Å²) in [5.41, 5.74) is -0.824. The number of H-pyrrole nitrogens is 1. The quantitative estimate of drug-likeness (QED) is 0.580. The molecule has 1 fully saturated rings. The van der Waals surface area contributed by atoms with Crippen molar-refractivity contribution in [1.29, 1.82) is 0 Å². The third kappa shape index (κ3) is 4.71. The fourth-order valence-electron chi connectivity index (χ4n) is 3.60. The number of pyridine rings is 1. The number of hydrogen-bond donors (Lipinski definition) is 3. The molecule has 3 heterocycles. The molecule has 0 saturated carbocycles. The van der Waals surface area contributed by atoms with Gasteiger partial charge >= 0.3 is 11.9 Å². The number of nitrogens with zero attached hydrogens (tertiary/aromatic N) is 2. The molecule has 8 nitrogen and oxygen atoms in total. The summed E-state index contributed by atoms with van der Waals surface area (Å²) in [6.07, 6.45) is -3.29. The van der Waals surface area contributed by atoms with Crippen LogP contribution in [0.15, 0.2) is 45.7 Å². The third-order valence-electron chi connectivity index (χ3n) is 5.29. The molecule has 1 amide bonds. The van der Waals surface area contributed by atoms with Gasteiger partial charge in [0, 0.05) is 31.0 Å². The molecule has 0 unspecified atom stereocenters. The maximum absolute atomic E-state index is 12.7. The van der Waals surface area contributed by atoms with Crippen LogP contribution in [-0.2, 0) is 11.0 Å². The molecule has 3 N–H and O–H groups in total. The number of carbonyl (C=O) groups excluding carboxylic acids is 1. The van der Waals surface area contributed by atoms with Gasteiger partial charge in [0.25, 0.3) is 0 Å². The Kier molecular flexibility index (Phi) is 5.21. The molecule has 11 heteroatoms. The Bertz CT molecular complexity index is 1150. The number of aromatic nitrogens is 2. The first-order valence-electron chi connectivity index (χ1n) is 9.55. The molecule has 1 aromatic carbocycles. The highest BCUT2D eigenvalue weighted by molar-refractivity contribution is 5.93. The van der Waals surface area contributed by atoms with Gasteiger partial charge in [0.05, 0.1) is 23.1 Å². The molecule has 31 heavy (non-hydrogen) atoms. The summed E-state index contributed by atoms with van der Waals surface area (Å²) in [4.78, 5) is 31.8. The van der Waals surface area contributed by atoms with E-state index >= 15 is 0 Å². The lowest BCUT2D eigenvalue weighted by atomic mass is 9.88. The minimum absolute atomic E-state index is 0.142. The van der Waals surface area contributed by atoms with Crippen molar-refractivity contribution in [1.82, 2.24) is 9.97 Å². The average molecular weight is 436 g/mol. The number of carbonyl (C=O) groups is 1. The number of aliphatic hydroxyl groups is 1. The first kappa shape index (κ1) is 20.9. The molecule has 0 spiro atoms. The van der Waals surface area contributed by atoms with Crippen LogP contribution in [0.1, 0.15) is 24.8 Å². The number of nitrogens with one attached hydrogen (secondary N) is 2. The zero-order chi connectivity index (χ0) is 22.2. The Hall–Kier alpha value is -3.34. The minimum atomic E-state index is -4.45. The number of amides is 1. The van der Waals surface area contributed by atoms with Crippen LogP contribution in [0.4, 0.5) is 24.7 Å². The number of anilines is 2. The lowest BCUT2D eigenvalue weighted by Gasteiger charge is -2.38. The molecular weight excluding hydrogens is 417 g/mol. The highest BCUT2D eigenvalue weighted by atomic mass is 19.4. The highest BCUT2D eigenvalue weighted by Gasteiger charge is 2.35. The van der Waals surface area contributed by atoms with Crippen molar-refractivity contribution in [3.63, 3.8) is 0 Å². The van der Waals surface area contributed by atoms with E-state index in [2.05, 4.69) is 15.3 Å². The molecule has 1 saturated heterocycles. The van der Waals surface area contributed by atoms with Crippen LogP contribution in [0.25, 0.3) is 11.1 Å². The van der Waals surface area contributed by atoms with Crippen molar-refractivity contribution in [2.75, 3.05) is 23.3 Å². The number of aromatic amines is 1. The molecule has 0 atom stereocenters. The number of rotatable bonds is 4. The van der Waals surface area contributed by atoms with Crippen molar-refractivity contribution in [2.45, 2.75) is 31.0 Å². The Morgan fingerprint density at radius 3 is 2.65 bits per heavy atom. The highest BCUT2D eigenvalue weighted by Crippen LogP contribution is 2.32. The lowest BCUT2D eigenvalue weighted by molar-refractivity contribution is -0.137. The molecule has 164 valence electrons. The average Bonchev–Trinajstić information content (AvgIpc) is 3.07. The zero-order valence-corrected chi connectivity index (χ0v) is 16.2. The predicted molar refractivity (Wildman–Crippen MR) is 106 cm³/mol. The molecule has 3 aromatic rings. The Balaban J connectivity index is 1.34. The number of alkyl halides is 3. The molecule has 0 bridgehead atoms. The van der Waals surface area contributed by atoms with E-state index in [-0.39, 0.29) is 19.3 Å². The van der Waals surface area contributed by atoms with Crippen LogP contribution in [-0.4, -0.2) is 39.7 Å². The lowest BCUT2D eigenvalue weighted by Crippen LogP contribution is -2.46. The standard InChI is InChI=1S/C20H19F3N4O4/c21-20(22,23)12-1-4-16(24-11-12)27-7-5-19(30,6-8-27)10-17(28)25-13-2-3-14-15(9-13)31-18(29)26-14/h1-4,9,11,30H,5-8,10H2,(H,25,28)(H,26,29). The van der Waals surface area contributed by atoms with Gasteiger partial charge in [-0.05, 0) is 37.1 Å². The second-order valence-corrected chi connectivity index (χ2v) is 7.56. The topological polar surface area (TPSA) is 111 Å². The summed E-state index contributed by atoms with van der Waals surface area (Å²) in [7, 11) is 0. The van der Waals surface area contributed by atoms with Crippen LogP contribution < -0.4 is 16.0 Å². The van der Waals surface area contributed by atoms with Gasteiger partial charge in [0.2, 0.25) is 5.91 Å². The summed E-state index contributed by atoms with van der Waals surface area (Å²) in [5, 5.41) is 13.5. The Labute approximate surface area is 173 Å². The normalized spacial score (nSPS) is 16.5. The van der Waals surface area contributed by atoms with Gasteiger partial charge < -0.3 is 19.7 Å². The number of fused-ring (bicyclic) bond motifs is 1. The van der Waals surface area contributed by atoms with Gasteiger partial charge in [-0.3, -0.25) is 9.78 Å². The van der Waals surface area contributed by atoms with E-state index in [1.54, 1.807) is 17.0 Å². The van der Waals surface area contributed by atoms with Crippen LogP contribution in [0.2, 0.25) is 0 Å². The van der Waals surface area contributed by atoms with Crippen molar-refractivity contribution >= 4 is 28.5 Å². The molecule has 4 rings (SSSR count). The smallest absolute Gasteiger partial charge is 0.408 e. The SMILES string of the molecule is O=C(CC1(O)CCN(c2ccc(C(F)(F)F)cn2)CC1)Nc1ccc2[nH]c(=O)oc2c1. The maximum Gasteiger partial charge on any atom is 0.417 e. The van der Waals surface area contributed by atoms with Gasteiger partial charge in [0.1, 0.15) is 5.82 Å². The van der Waals surface area contributed by atoms with Gasteiger partial charge in [-0.15, -0.1) is 0 Å². The zero-order valence-electron chi connectivity index (χ0n) is 16.2. The van der Waals surface area contributed by atoms with E-state index in [1.165, 1.54) is 12.1 Å². The van der Waals surface area contributed by atoms with Crippen molar-refractivity contribution in [3.8, 4) is 0 Å². The van der Waals surface area contributed by atoms with Crippen LogP contribution in [0, 0.1) is 0 Å². The summed E-state index contributed by atoms with van der Waals surface area (Å²) in [5.74, 6) is -0.608. The second kappa shape index (κ2) is 7.73. The molecular formula is C20H19F3N4O4. The molecule has 1 aliphatic heterocycles. The van der Waals surface area contributed by atoms with E-state index in [9.17, 15) is 27.9 Å². The molecule has 1 aliphatic rings. The summed E-state index contributed by atoms with van der Waals surface area (Å²) in [6, 6.07) is 6.98. The van der Waals surface area contributed by atoms with Crippen LogP contribution >= 0.6 is 0 Å². The largest absolute Gasteiger partial charge is 0.417 e. The van der Waals surface area contributed by atoms with Crippen LogP contribution in [0.5, 0.6) is 0 Å². The van der Waals surface area contributed by atoms with Crippen LogP contribution in [0.3, 0.4) is 0 Å². The number of halogens is 3. The van der Waals surface area contributed by atoms with E-state index in [1.807, 2.05) is 0 Å². The van der Waals surface area contributed by atoms with Gasteiger partial charge in [-0.25, -0.2) is 9.78 Å². The fraction of sp³-hybridized carbons (Fsp3) is 0.350. The molecule has 0 radical (unpaired) electrons. The minimum Gasteiger partial charge on any atom is -0.408 e. The Morgan fingerprint density at radius 1 is 1.26 bits per heavy atom. The first-order chi connectivity index (χ1) is 14.6. The molecule has 2 aromatic heterocycles. The van der Waals surface area contributed by atoms with Gasteiger partial charge in [0.15, 0.2) is 5.58 Å². The number of piperidine rings is 1. The first-order valence-corrected chi connectivity index (χ1v) is 9.55. The number of oxazole rings is 1. The third-order valence-corrected chi connectivity index (χ3v) is 5.29. The van der Waals surface area contributed by atoms with Crippen molar-refractivity contribution in [2.24, 2.45) is 0 Å². The van der Waals surface area contributed by atoms with E-state index < -0.39 is 29.0 Å². The Morgan fingerprint density at radius 2 is 2.00 bits per heavy atom. The van der Waals surface area contributed by atoms with E-state index in [0.717, 1.165) is 12.3 Å².